The number of hydrogen-bond donors (Lipinski definition) is 2. The number of rotatable bonds is 6. The fourth-order valence-electron chi connectivity index (χ4n) is 2.15. The first kappa shape index (κ1) is 17.2. The number of ether oxygens (including phenoxy) is 1. The molecule has 0 aromatic heterocycles. The van der Waals surface area contributed by atoms with Gasteiger partial charge in [0.25, 0.3) is 0 Å². The fraction of sp³-hybridized carbons (Fsp3) is 0.500. The maximum Gasteiger partial charge on any atom is 0.302 e. The number of aryl methyl sites for hydroxylation is 2. The lowest BCUT2D eigenvalue weighted by Crippen LogP contribution is -2.38. The molecule has 1 aromatic carbocycles. The summed E-state index contributed by atoms with van der Waals surface area (Å²) in [4.78, 5) is 22.9. The van der Waals surface area contributed by atoms with Gasteiger partial charge in [-0.05, 0) is 44.0 Å². The van der Waals surface area contributed by atoms with E-state index in [0.29, 0.717) is 0 Å². The van der Waals surface area contributed by atoms with E-state index in [0.717, 1.165) is 28.9 Å². The molecule has 0 saturated heterocycles. The Balaban J connectivity index is 2.84. The molecule has 1 unspecified atom stereocenters. The number of carbonyl (C=O) groups is 2. The normalized spacial score (nSPS) is 11.9. The number of nitrogens with one attached hydrogen (secondary N) is 2. The lowest BCUT2D eigenvalue weighted by molar-refractivity contribution is -0.142. The number of hydrogen-bond acceptors (Lipinski definition) is 4. The number of anilines is 1. The van der Waals surface area contributed by atoms with Crippen LogP contribution in [0.4, 0.5) is 5.69 Å². The van der Waals surface area contributed by atoms with Crippen molar-refractivity contribution in [3.63, 3.8) is 0 Å². The van der Waals surface area contributed by atoms with Gasteiger partial charge in [0.2, 0.25) is 5.91 Å². The van der Waals surface area contributed by atoms with Gasteiger partial charge >= 0.3 is 5.97 Å². The second-order valence-corrected chi connectivity index (χ2v) is 5.15. The van der Waals surface area contributed by atoms with Crippen molar-refractivity contribution in [2.24, 2.45) is 0 Å². The highest BCUT2D eigenvalue weighted by atomic mass is 16.5. The molecule has 0 bridgehead atoms. The summed E-state index contributed by atoms with van der Waals surface area (Å²) in [7, 11) is 0. The molecule has 0 radical (unpaired) electrons. The van der Waals surface area contributed by atoms with Gasteiger partial charge in [0.1, 0.15) is 6.61 Å². The van der Waals surface area contributed by atoms with Crippen molar-refractivity contribution >= 4 is 17.6 Å². The van der Waals surface area contributed by atoms with Gasteiger partial charge in [-0.25, -0.2) is 0 Å². The zero-order chi connectivity index (χ0) is 16.0. The molecule has 21 heavy (non-hydrogen) atoms. The average Bonchev–Trinajstić information content (AvgIpc) is 2.40. The van der Waals surface area contributed by atoms with Crippen LogP contribution in [0.15, 0.2) is 12.1 Å². The molecule has 0 spiro atoms. The number of carbonyl (C=O) groups excluding carboxylic acids is 2. The molecule has 1 amide bonds. The van der Waals surface area contributed by atoms with Gasteiger partial charge in [-0.1, -0.05) is 19.1 Å². The first-order chi connectivity index (χ1) is 9.85. The number of amides is 1. The van der Waals surface area contributed by atoms with Crippen LogP contribution in [0.5, 0.6) is 0 Å². The minimum atomic E-state index is -0.304. The number of likely N-dealkylation sites (N-methyl/N-ethyl adjacent to an activating group) is 1. The largest absolute Gasteiger partial charge is 0.461 e. The molecule has 5 heteroatoms. The quantitative estimate of drug-likeness (QED) is 0.790. The molecule has 0 heterocycles. The van der Waals surface area contributed by atoms with Gasteiger partial charge in [0.05, 0.1) is 6.04 Å². The lowest BCUT2D eigenvalue weighted by Gasteiger charge is -2.17. The van der Waals surface area contributed by atoms with Gasteiger partial charge in [-0.15, -0.1) is 0 Å². The molecule has 1 atom stereocenters. The van der Waals surface area contributed by atoms with E-state index < -0.39 is 0 Å². The Bertz CT molecular complexity index is 503. The molecule has 5 nitrogen and oxygen atoms in total. The van der Waals surface area contributed by atoms with E-state index in [1.165, 1.54) is 6.92 Å². The van der Waals surface area contributed by atoms with Crippen LogP contribution in [-0.4, -0.2) is 24.5 Å². The Kier molecular flexibility index (Phi) is 6.37. The van der Waals surface area contributed by atoms with Crippen LogP contribution in [-0.2, 0) is 20.9 Å². The van der Waals surface area contributed by atoms with E-state index in [2.05, 4.69) is 10.6 Å². The van der Waals surface area contributed by atoms with E-state index in [1.54, 1.807) is 0 Å². The second kappa shape index (κ2) is 7.78. The van der Waals surface area contributed by atoms with E-state index in [-0.39, 0.29) is 24.5 Å². The molecule has 1 aromatic rings. The van der Waals surface area contributed by atoms with Crippen LogP contribution >= 0.6 is 0 Å². The summed E-state index contributed by atoms with van der Waals surface area (Å²) in [5, 5.41) is 6.03. The maximum absolute atomic E-state index is 12.1. The first-order valence-corrected chi connectivity index (χ1v) is 7.12. The van der Waals surface area contributed by atoms with E-state index in [4.69, 9.17) is 4.74 Å². The molecule has 0 aliphatic carbocycles. The zero-order valence-corrected chi connectivity index (χ0v) is 13.4. The van der Waals surface area contributed by atoms with Crippen LogP contribution < -0.4 is 10.6 Å². The minimum absolute atomic E-state index is 0.0595. The van der Waals surface area contributed by atoms with Crippen molar-refractivity contribution in [1.82, 2.24) is 5.32 Å². The summed E-state index contributed by atoms with van der Waals surface area (Å²) in [6, 6.07) is 3.60. The molecule has 1 rings (SSSR count). The predicted molar refractivity (Wildman–Crippen MR) is 83.2 cm³/mol. The summed E-state index contributed by atoms with van der Waals surface area (Å²) < 4.78 is 4.99. The highest BCUT2D eigenvalue weighted by Gasteiger charge is 2.14. The van der Waals surface area contributed by atoms with Crippen molar-refractivity contribution < 1.29 is 14.3 Å². The SMILES string of the molecule is CCNC(C)C(=O)Nc1c(C)cc(COC(C)=O)cc1C. The Labute approximate surface area is 126 Å². The molecule has 116 valence electrons. The predicted octanol–water partition coefficient (Wildman–Crippen LogP) is 2.30. The van der Waals surface area contributed by atoms with Crippen LogP contribution in [0.3, 0.4) is 0 Å². The molecule has 0 aliphatic heterocycles. The van der Waals surface area contributed by atoms with Crippen LogP contribution in [0.2, 0.25) is 0 Å². The maximum atomic E-state index is 12.1. The molecule has 0 fully saturated rings. The van der Waals surface area contributed by atoms with Gasteiger partial charge in [0, 0.05) is 12.6 Å². The second-order valence-electron chi connectivity index (χ2n) is 5.15. The Morgan fingerprint density at radius 1 is 1.24 bits per heavy atom. The molecule has 0 saturated carbocycles. The summed E-state index contributed by atoms with van der Waals surface area (Å²) in [5.41, 5.74) is 3.64. The summed E-state index contributed by atoms with van der Waals surface area (Å²) >= 11 is 0. The molecular formula is C16H24N2O3. The Hall–Kier alpha value is -1.88. The molecule has 2 N–H and O–H groups in total. The highest BCUT2D eigenvalue weighted by Crippen LogP contribution is 2.23. The van der Waals surface area contributed by atoms with E-state index >= 15 is 0 Å². The average molecular weight is 292 g/mol. The first-order valence-electron chi connectivity index (χ1n) is 7.12. The zero-order valence-electron chi connectivity index (χ0n) is 13.4. The van der Waals surface area contributed by atoms with E-state index in [9.17, 15) is 9.59 Å². The Morgan fingerprint density at radius 3 is 2.29 bits per heavy atom. The molecule has 0 aliphatic rings. The van der Waals surface area contributed by atoms with Crippen molar-refractivity contribution in [3.8, 4) is 0 Å². The third-order valence-corrected chi connectivity index (χ3v) is 3.19. The third-order valence-electron chi connectivity index (χ3n) is 3.19. The standard InChI is InChI=1S/C16H24N2O3/c1-6-17-12(4)16(20)18-15-10(2)7-14(8-11(15)3)9-21-13(5)19/h7-8,12,17H,6,9H2,1-5H3,(H,18,20). The lowest BCUT2D eigenvalue weighted by atomic mass is 10.0. The molecular weight excluding hydrogens is 268 g/mol. The summed E-state index contributed by atoms with van der Waals surface area (Å²) in [6.07, 6.45) is 0. The van der Waals surface area contributed by atoms with E-state index in [1.807, 2.05) is 39.8 Å². The monoisotopic (exact) mass is 292 g/mol. The van der Waals surface area contributed by atoms with Crippen molar-refractivity contribution in [2.75, 3.05) is 11.9 Å². The fourth-order valence-corrected chi connectivity index (χ4v) is 2.15. The topological polar surface area (TPSA) is 67.4 Å². The summed E-state index contributed by atoms with van der Waals surface area (Å²) in [6.45, 7) is 10.0. The number of esters is 1. The Morgan fingerprint density at radius 2 is 1.81 bits per heavy atom. The van der Waals surface area contributed by atoms with Gasteiger partial charge in [-0.2, -0.15) is 0 Å². The summed E-state index contributed by atoms with van der Waals surface area (Å²) in [5.74, 6) is -0.363. The van der Waals surface area contributed by atoms with Crippen LogP contribution in [0, 0.1) is 13.8 Å². The van der Waals surface area contributed by atoms with Crippen LogP contribution in [0.1, 0.15) is 37.5 Å². The van der Waals surface area contributed by atoms with Gasteiger partial charge in [0.15, 0.2) is 0 Å². The van der Waals surface area contributed by atoms with Crippen molar-refractivity contribution in [2.45, 2.75) is 47.3 Å². The number of benzene rings is 1. The highest BCUT2D eigenvalue weighted by molar-refractivity contribution is 5.95. The van der Waals surface area contributed by atoms with Crippen LogP contribution in [0.25, 0.3) is 0 Å². The van der Waals surface area contributed by atoms with Gasteiger partial charge < -0.3 is 15.4 Å². The third kappa shape index (κ3) is 5.19. The minimum Gasteiger partial charge on any atom is -0.461 e. The van der Waals surface area contributed by atoms with Gasteiger partial charge in [-0.3, -0.25) is 9.59 Å². The van der Waals surface area contributed by atoms with Crippen molar-refractivity contribution in [1.29, 1.82) is 0 Å². The van der Waals surface area contributed by atoms with Crippen molar-refractivity contribution in [3.05, 3.63) is 28.8 Å². The smallest absolute Gasteiger partial charge is 0.302 e.